The number of nitrogens with zero attached hydrogens (tertiary/aromatic N) is 4. The predicted molar refractivity (Wildman–Crippen MR) is 103 cm³/mol. The summed E-state index contributed by atoms with van der Waals surface area (Å²) in [6, 6.07) is 10.1. The molecule has 2 aromatic heterocycles. The van der Waals surface area contributed by atoms with Crippen LogP contribution in [0.4, 0.5) is 5.82 Å². The second-order valence-electron chi connectivity index (χ2n) is 7.45. The van der Waals surface area contributed by atoms with E-state index < -0.39 is 0 Å². The molecule has 3 aromatic rings. The molecule has 1 aromatic carbocycles. The Morgan fingerprint density at radius 1 is 1.11 bits per heavy atom. The number of pyridine rings is 1. The first kappa shape index (κ1) is 16.1. The van der Waals surface area contributed by atoms with Crippen molar-refractivity contribution in [3.8, 4) is 5.88 Å². The number of rotatable bonds is 0. The summed E-state index contributed by atoms with van der Waals surface area (Å²) in [5, 5.41) is 1.04. The van der Waals surface area contributed by atoms with Gasteiger partial charge in [-0.2, -0.15) is 0 Å². The molecule has 0 spiro atoms. The van der Waals surface area contributed by atoms with Crippen molar-refractivity contribution in [2.75, 3.05) is 25.1 Å². The molecule has 5 rings (SSSR count). The molecule has 2 aliphatic heterocycles. The van der Waals surface area contributed by atoms with E-state index in [0.29, 0.717) is 18.1 Å². The third kappa shape index (κ3) is 2.11. The lowest BCUT2D eigenvalue weighted by atomic mass is 9.77. The van der Waals surface area contributed by atoms with Gasteiger partial charge in [-0.25, -0.2) is 9.78 Å². The van der Waals surface area contributed by atoms with Crippen molar-refractivity contribution in [1.29, 1.82) is 0 Å². The summed E-state index contributed by atoms with van der Waals surface area (Å²) in [7, 11) is 5.18. The van der Waals surface area contributed by atoms with Crippen molar-refractivity contribution in [1.82, 2.24) is 14.1 Å². The highest BCUT2D eigenvalue weighted by Crippen LogP contribution is 2.46. The van der Waals surface area contributed by atoms with Gasteiger partial charge < -0.3 is 9.64 Å². The molecule has 27 heavy (non-hydrogen) atoms. The summed E-state index contributed by atoms with van der Waals surface area (Å²) >= 11 is 0. The number of ether oxygens (including phenoxy) is 1. The average Bonchev–Trinajstić information content (AvgIpc) is 2.69. The maximum absolute atomic E-state index is 13.0. The van der Waals surface area contributed by atoms with Crippen molar-refractivity contribution in [2.45, 2.75) is 5.92 Å². The van der Waals surface area contributed by atoms with E-state index in [2.05, 4.69) is 11.0 Å². The van der Waals surface area contributed by atoms with Crippen LogP contribution in [0.2, 0.25) is 0 Å². The fourth-order valence-electron chi connectivity index (χ4n) is 4.47. The van der Waals surface area contributed by atoms with Crippen LogP contribution in [0.3, 0.4) is 0 Å². The van der Waals surface area contributed by atoms with Crippen LogP contribution >= 0.6 is 0 Å². The Kier molecular flexibility index (Phi) is 3.25. The Morgan fingerprint density at radius 3 is 2.70 bits per heavy atom. The van der Waals surface area contributed by atoms with Crippen LogP contribution in [-0.2, 0) is 14.1 Å². The fourth-order valence-corrected chi connectivity index (χ4v) is 4.47. The molecule has 2 aliphatic rings. The number of hydrogen-bond acceptors (Lipinski definition) is 5. The molecule has 0 bridgehead atoms. The first-order chi connectivity index (χ1) is 13.0. The van der Waals surface area contributed by atoms with Gasteiger partial charge >= 0.3 is 5.69 Å². The SMILES string of the molecule is CN1C[C@@H]2COc3c(c(=O)n(C)c(=O)n3C)[C@@H]2c2cc3ccccc3nc21. The minimum Gasteiger partial charge on any atom is -0.478 e. The van der Waals surface area contributed by atoms with Gasteiger partial charge in [0.05, 0.1) is 17.7 Å². The molecule has 0 fully saturated rings. The van der Waals surface area contributed by atoms with Crippen LogP contribution in [0, 0.1) is 5.92 Å². The minimum atomic E-state index is -0.373. The van der Waals surface area contributed by atoms with Crippen molar-refractivity contribution < 1.29 is 4.74 Å². The third-order valence-corrected chi connectivity index (χ3v) is 5.80. The lowest BCUT2D eigenvalue weighted by Gasteiger charge is -2.41. The monoisotopic (exact) mass is 364 g/mol. The molecule has 7 nitrogen and oxygen atoms in total. The zero-order valence-corrected chi connectivity index (χ0v) is 15.5. The molecule has 0 saturated carbocycles. The van der Waals surface area contributed by atoms with E-state index in [1.807, 2.05) is 31.3 Å². The summed E-state index contributed by atoms with van der Waals surface area (Å²) in [4.78, 5) is 32.3. The number of benzene rings is 1. The maximum atomic E-state index is 13.0. The van der Waals surface area contributed by atoms with Crippen LogP contribution < -0.4 is 20.9 Å². The van der Waals surface area contributed by atoms with E-state index in [0.717, 1.165) is 33.4 Å². The number of fused-ring (bicyclic) bond motifs is 6. The van der Waals surface area contributed by atoms with Gasteiger partial charge in [0.1, 0.15) is 5.82 Å². The Labute approximate surface area is 155 Å². The molecule has 2 atom stereocenters. The third-order valence-electron chi connectivity index (χ3n) is 5.80. The van der Waals surface area contributed by atoms with Crippen LogP contribution in [0.5, 0.6) is 5.88 Å². The number of aromatic nitrogens is 3. The minimum absolute atomic E-state index is 0.128. The van der Waals surface area contributed by atoms with Gasteiger partial charge in [-0.05, 0) is 12.1 Å². The van der Waals surface area contributed by atoms with Gasteiger partial charge in [-0.3, -0.25) is 13.9 Å². The van der Waals surface area contributed by atoms with E-state index in [1.165, 1.54) is 11.6 Å². The average molecular weight is 364 g/mol. The van der Waals surface area contributed by atoms with E-state index in [1.54, 1.807) is 7.05 Å². The largest absolute Gasteiger partial charge is 0.478 e. The topological polar surface area (TPSA) is 69.4 Å². The van der Waals surface area contributed by atoms with E-state index in [-0.39, 0.29) is 23.1 Å². The predicted octanol–water partition coefficient (Wildman–Crippen LogP) is 1.22. The molecule has 0 unspecified atom stereocenters. The molecular weight excluding hydrogens is 344 g/mol. The van der Waals surface area contributed by atoms with Crippen LogP contribution in [-0.4, -0.2) is 34.3 Å². The first-order valence-corrected chi connectivity index (χ1v) is 9.01. The van der Waals surface area contributed by atoms with E-state index >= 15 is 0 Å². The van der Waals surface area contributed by atoms with Gasteiger partial charge in [-0.1, -0.05) is 18.2 Å². The van der Waals surface area contributed by atoms with Gasteiger partial charge in [-0.15, -0.1) is 0 Å². The van der Waals surface area contributed by atoms with Crippen molar-refractivity contribution in [2.24, 2.45) is 20.0 Å². The Morgan fingerprint density at radius 2 is 1.89 bits per heavy atom. The Balaban J connectivity index is 1.85. The summed E-state index contributed by atoms with van der Waals surface area (Å²) in [5.41, 5.74) is 1.85. The zero-order valence-electron chi connectivity index (χ0n) is 15.5. The highest BCUT2D eigenvalue weighted by Gasteiger charge is 2.42. The van der Waals surface area contributed by atoms with Crippen LogP contribution in [0.1, 0.15) is 17.0 Å². The quantitative estimate of drug-likeness (QED) is 0.600. The first-order valence-electron chi connectivity index (χ1n) is 9.01. The molecule has 0 aliphatic carbocycles. The van der Waals surface area contributed by atoms with Crippen LogP contribution in [0.25, 0.3) is 10.9 Å². The van der Waals surface area contributed by atoms with Crippen molar-refractivity contribution >= 4 is 16.7 Å². The smallest absolute Gasteiger partial charge is 0.333 e. The molecule has 7 heteroatoms. The highest BCUT2D eigenvalue weighted by atomic mass is 16.5. The second-order valence-corrected chi connectivity index (χ2v) is 7.45. The van der Waals surface area contributed by atoms with E-state index in [4.69, 9.17) is 9.72 Å². The number of anilines is 1. The molecule has 0 amide bonds. The Hall–Kier alpha value is -3.09. The van der Waals surface area contributed by atoms with Gasteiger partial charge in [0.25, 0.3) is 5.56 Å². The van der Waals surface area contributed by atoms with Gasteiger partial charge in [0, 0.05) is 50.5 Å². The summed E-state index contributed by atoms with van der Waals surface area (Å²) in [6.45, 7) is 1.21. The Bertz CT molecular complexity index is 1210. The molecule has 0 radical (unpaired) electrons. The lowest BCUT2D eigenvalue weighted by molar-refractivity contribution is 0.183. The lowest BCUT2D eigenvalue weighted by Crippen LogP contribution is -2.48. The molecular formula is C20H20N4O3. The summed E-state index contributed by atoms with van der Waals surface area (Å²) in [6.07, 6.45) is 0. The normalized spacial score (nSPS) is 20.6. The fraction of sp³-hybridized carbons (Fsp3) is 0.350. The highest BCUT2D eigenvalue weighted by molar-refractivity contribution is 5.82. The molecule has 4 heterocycles. The van der Waals surface area contributed by atoms with E-state index in [9.17, 15) is 9.59 Å². The molecule has 138 valence electrons. The number of para-hydroxylation sites is 1. The van der Waals surface area contributed by atoms with Gasteiger partial charge in [0.2, 0.25) is 5.88 Å². The second kappa shape index (κ2) is 5.45. The van der Waals surface area contributed by atoms with Crippen molar-refractivity contribution in [3.63, 3.8) is 0 Å². The summed E-state index contributed by atoms with van der Waals surface area (Å²) < 4.78 is 8.49. The maximum Gasteiger partial charge on any atom is 0.333 e. The summed E-state index contributed by atoms with van der Waals surface area (Å²) in [5.74, 6) is 1.26. The number of hydrogen-bond donors (Lipinski definition) is 0. The molecule has 0 saturated heterocycles. The molecule has 0 N–H and O–H groups in total. The van der Waals surface area contributed by atoms with Crippen LogP contribution in [0.15, 0.2) is 39.9 Å². The zero-order chi connectivity index (χ0) is 18.9. The van der Waals surface area contributed by atoms with Crippen molar-refractivity contribution in [3.05, 3.63) is 62.3 Å². The van der Waals surface area contributed by atoms with Gasteiger partial charge in [0.15, 0.2) is 0 Å². The standard InChI is InChI=1S/C20H20N4O3/c1-22-9-12-10-27-19-16(18(25)23(2)20(26)24(19)3)15(12)13-8-11-6-4-5-7-14(11)21-17(13)22/h4-8,12,15H,9-10H2,1-3H3/t12-,15+/m1/s1.